The molecule has 0 saturated carbocycles. The standard InChI is InChI=1S/C9H10Cl2N2O2S/c10-5-1-2-8(11)13-7(5)4-16-3-6(12)9(14)15/h1-2,6H,3-4,12H2,(H,14,15)/t6-/m1/s1. The van der Waals surface area contributed by atoms with E-state index in [2.05, 4.69) is 4.98 Å². The van der Waals surface area contributed by atoms with Crippen molar-refractivity contribution in [2.75, 3.05) is 5.75 Å². The summed E-state index contributed by atoms with van der Waals surface area (Å²) in [6.45, 7) is 0. The van der Waals surface area contributed by atoms with Crippen molar-refractivity contribution >= 4 is 40.9 Å². The summed E-state index contributed by atoms with van der Waals surface area (Å²) in [6, 6.07) is 2.38. The number of hydrogen-bond acceptors (Lipinski definition) is 4. The summed E-state index contributed by atoms with van der Waals surface area (Å²) >= 11 is 13.0. The topological polar surface area (TPSA) is 76.2 Å². The fourth-order valence-electron chi connectivity index (χ4n) is 0.913. The third-order valence-electron chi connectivity index (χ3n) is 1.74. The van der Waals surface area contributed by atoms with Crippen molar-refractivity contribution in [3.63, 3.8) is 0 Å². The molecule has 0 aliphatic heterocycles. The number of hydrogen-bond donors (Lipinski definition) is 2. The molecule has 0 aliphatic carbocycles. The Morgan fingerprint density at radius 3 is 2.88 bits per heavy atom. The minimum absolute atomic E-state index is 0.305. The number of rotatable bonds is 5. The Balaban J connectivity index is 2.48. The predicted octanol–water partition coefficient (Wildman–Crippen LogP) is 2.03. The van der Waals surface area contributed by atoms with Gasteiger partial charge in [0.05, 0.1) is 10.7 Å². The molecule has 1 atom stereocenters. The summed E-state index contributed by atoms with van der Waals surface area (Å²) in [4.78, 5) is 14.5. The van der Waals surface area contributed by atoms with Crippen molar-refractivity contribution in [3.8, 4) is 0 Å². The Kier molecular flexibility index (Phi) is 5.34. The van der Waals surface area contributed by atoms with Crippen LogP contribution in [0, 0.1) is 0 Å². The van der Waals surface area contributed by atoms with E-state index in [0.29, 0.717) is 27.4 Å². The molecule has 3 N–H and O–H groups in total. The van der Waals surface area contributed by atoms with Crippen LogP contribution in [0.15, 0.2) is 12.1 Å². The number of carboxylic acids is 1. The fourth-order valence-corrected chi connectivity index (χ4v) is 2.26. The SMILES string of the molecule is N[C@H](CSCc1nc(Cl)ccc1Cl)C(=O)O. The van der Waals surface area contributed by atoms with Crippen LogP contribution in [0.1, 0.15) is 5.69 Å². The van der Waals surface area contributed by atoms with Gasteiger partial charge in [-0.25, -0.2) is 4.98 Å². The van der Waals surface area contributed by atoms with E-state index in [9.17, 15) is 4.79 Å². The van der Waals surface area contributed by atoms with Crippen LogP contribution in [0.2, 0.25) is 10.2 Å². The molecule has 0 spiro atoms. The van der Waals surface area contributed by atoms with Crippen LogP contribution in [-0.2, 0) is 10.5 Å². The smallest absolute Gasteiger partial charge is 0.321 e. The van der Waals surface area contributed by atoms with Gasteiger partial charge in [0.1, 0.15) is 11.2 Å². The van der Waals surface area contributed by atoms with Gasteiger partial charge in [-0.05, 0) is 12.1 Å². The first-order valence-electron chi connectivity index (χ1n) is 4.37. The highest BCUT2D eigenvalue weighted by Gasteiger charge is 2.12. The summed E-state index contributed by atoms with van der Waals surface area (Å²) in [5, 5.41) is 9.45. The number of carboxylic acid groups (broad SMARTS) is 1. The van der Waals surface area contributed by atoms with Crippen LogP contribution in [0.25, 0.3) is 0 Å². The summed E-state index contributed by atoms with van der Waals surface area (Å²) in [7, 11) is 0. The van der Waals surface area contributed by atoms with E-state index in [-0.39, 0.29) is 0 Å². The lowest BCUT2D eigenvalue weighted by atomic mass is 10.4. The highest BCUT2D eigenvalue weighted by molar-refractivity contribution is 7.98. The van der Waals surface area contributed by atoms with Gasteiger partial charge in [0, 0.05) is 11.5 Å². The van der Waals surface area contributed by atoms with Crippen molar-refractivity contribution in [2.45, 2.75) is 11.8 Å². The van der Waals surface area contributed by atoms with Gasteiger partial charge in [0.15, 0.2) is 0 Å². The molecule has 0 radical (unpaired) electrons. The summed E-state index contributed by atoms with van der Waals surface area (Å²) in [5.41, 5.74) is 5.98. The van der Waals surface area contributed by atoms with Crippen molar-refractivity contribution in [1.29, 1.82) is 0 Å². The molecule has 0 unspecified atom stereocenters. The third-order valence-corrected chi connectivity index (χ3v) is 3.37. The van der Waals surface area contributed by atoms with Crippen LogP contribution in [0.4, 0.5) is 0 Å². The van der Waals surface area contributed by atoms with E-state index >= 15 is 0 Å². The number of thioether (sulfide) groups is 1. The van der Waals surface area contributed by atoms with Gasteiger partial charge in [-0.1, -0.05) is 23.2 Å². The molecule has 88 valence electrons. The average Bonchev–Trinajstić information content (AvgIpc) is 2.22. The second kappa shape index (κ2) is 6.30. The average molecular weight is 281 g/mol. The molecule has 0 fully saturated rings. The van der Waals surface area contributed by atoms with Crippen LogP contribution < -0.4 is 5.73 Å². The predicted molar refractivity (Wildman–Crippen MR) is 66.0 cm³/mol. The molecule has 1 aromatic heterocycles. The zero-order chi connectivity index (χ0) is 12.1. The van der Waals surface area contributed by atoms with Crippen molar-refractivity contribution in [3.05, 3.63) is 28.0 Å². The molecule has 0 saturated heterocycles. The molecular weight excluding hydrogens is 271 g/mol. The number of nitrogens with zero attached hydrogens (tertiary/aromatic N) is 1. The van der Waals surface area contributed by atoms with Gasteiger partial charge in [-0.2, -0.15) is 11.8 Å². The largest absolute Gasteiger partial charge is 0.480 e. The van der Waals surface area contributed by atoms with Crippen molar-refractivity contribution in [2.24, 2.45) is 5.73 Å². The minimum Gasteiger partial charge on any atom is -0.480 e. The maximum Gasteiger partial charge on any atom is 0.321 e. The van der Waals surface area contributed by atoms with Gasteiger partial charge >= 0.3 is 5.97 Å². The summed E-state index contributed by atoms with van der Waals surface area (Å²) in [5.74, 6) is -0.224. The number of aromatic nitrogens is 1. The van der Waals surface area contributed by atoms with Gasteiger partial charge in [0.25, 0.3) is 0 Å². The van der Waals surface area contributed by atoms with E-state index < -0.39 is 12.0 Å². The number of halogens is 2. The zero-order valence-corrected chi connectivity index (χ0v) is 10.5. The Labute approximate surface area is 107 Å². The first kappa shape index (κ1) is 13.6. The molecule has 16 heavy (non-hydrogen) atoms. The van der Waals surface area contributed by atoms with Crippen LogP contribution >= 0.6 is 35.0 Å². The lowest BCUT2D eigenvalue weighted by molar-refractivity contribution is -0.137. The Morgan fingerprint density at radius 2 is 2.25 bits per heavy atom. The van der Waals surface area contributed by atoms with Crippen molar-refractivity contribution < 1.29 is 9.90 Å². The highest BCUT2D eigenvalue weighted by Crippen LogP contribution is 2.21. The molecule has 0 bridgehead atoms. The number of carbonyl (C=O) groups is 1. The van der Waals surface area contributed by atoms with E-state index in [1.165, 1.54) is 11.8 Å². The molecule has 1 heterocycles. The normalized spacial score (nSPS) is 12.4. The Morgan fingerprint density at radius 1 is 1.56 bits per heavy atom. The monoisotopic (exact) mass is 280 g/mol. The lowest BCUT2D eigenvalue weighted by Crippen LogP contribution is -2.32. The Hall–Kier alpha value is -0.490. The van der Waals surface area contributed by atoms with Crippen molar-refractivity contribution in [1.82, 2.24) is 4.98 Å². The summed E-state index contributed by atoms with van der Waals surface area (Å²) in [6.07, 6.45) is 0. The molecule has 0 aromatic carbocycles. The lowest BCUT2D eigenvalue weighted by Gasteiger charge is -2.06. The molecule has 1 aromatic rings. The Bertz CT molecular complexity index is 390. The maximum absolute atomic E-state index is 10.5. The van der Waals surface area contributed by atoms with Crippen LogP contribution in [-0.4, -0.2) is 27.9 Å². The van der Waals surface area contributed by atoms with E-state index in [4.69, 9.17) is 34.0 Å². The third kappa shape index (κ3) is 4.17. The number of pyridine rings is 1. The first-order chi connectivity index (χ1) is 7.50. The van der Waals surface area contributed by atoms with Crippen LogP contribution in [0.5, 0.6) is 0 Å². The molecule has 1 rings (SSSR count). The van der Waals surface area contributed by atoms with Gasteiger partial charge in [-0.3, -0.25) is 4.79 Å². The summed E-state index contributed by atoms with van der Waals surface area (Å²) < 4.78 is 0. The number of aliphatic carboxylic acids is 1. The van der Waals surface area contributed by atoms with Crippen LogP contribution in [0.3, 0.4) is 0 Å². The molecule has 0 aliphatic rings. The zero-order valence-electron chi connectivity index (χ0n) is 8.19. The molecule has 4 nitrogen and oxygen atoms in total. The van der Waals surface area contributed by atoms with E-state index in [1.807, 2.05) is 0 Å². The van der Waals surface area contributed by atoms with E-state index in [0.717, 1.165) is 0 Å². The molecular formula is C9H10Cl2N2O2S. The van der Waals surface area contributed by atoms with Gasteiger partial charge in [0.2, 0.25) is 0 Å². The molecule has 7 heteroatoms. The van der Waals surface area contributed by atoms with Gasteiger partial charge in [-0.15, -0.1) is 0 Å². The number of nitrogens with two attached hydrogens (primary N) is 1. The highest BCUT2D eigenvalue weighted by atomic mass is 35.5. The second-order valence-corrected chi connectivity index (χ2v) is 4.85. The second-order valence-electron chi connectivity index (χ2n) is 3.02. The van der Waals surface area contributed by atoms with E-state index in [1.54, 1.807) is 12.1 Å². The quantitative estimate of drug-likeness (QED) is 0.808. The van der Waals surface area contributed by atoms with Gasteiger partial charge < -0.3 is 10.8 Å². The maximum atomic E-state index is 10.5. The fraction of sp³-hybridized carbons (Fsp3) is 0.333. The first-order valence-corrected chi connectivity index (χ1v) is 6.29. The molecule has 0 amide bonds. The minimum atomic E-state index is -1.02.